The molecule has 88 valence electrons. The van der Waals surface area contributed by atoms with Gasteiger partial charge in [0.15, 0.2) is 5.69 Å². The van der Waals surface area contributed by atoms with E-state index in [-0.39, 0.29) is 5.91 Å². The van der Waals surface area contributed by atoms with E-state index in [0.717, 1.165) is 0 Å². The number of hydrogen-bond acceptors (Lipinski definition) is 4. The first-order valence-corrected chi connectivity index (χ1v) is 5.37. The molecule has 0 spiro atoms. The first kappa shape index (κ1) is 12.4. The Morgan fingerprint density at radius 3 is 2.38 bits per heavy atom. The van der Waals surface area contributed by atoms with E-state index in [1.807, 2.05) is 0 Å². The molecule has 1 heterocycles. The van der Waals surface area contributed by atoms with Crippen molar-refractivity contribution in [1.82, 2.24) is 15.5 Å². The second-order valence-electron chi connectivity index (χ2n) is 4.06. The highest BCUT2D eigenvalue weighted by Crippen LogP contribution is 2.09. The smallest absolute Gasteiger partial charge is 0.271 e. The highest BCUT2D eigenvalue weighted by molar-refractivity contribution is 5.91. The Kier molecular flexibility index (Phi) is 4.22. The highest BCUT2D eigenvalue weighted by Gasteiger charge is 2.09. The van der Waals surface area contributed by atoms with Crippen molar-refractivity contribution in [2.24, 2.45) is 5.92 Å². The van der Waals surface area contributed by atoms with Gasteiger partial charge >= 0.3 is 0 Å². The van der Waals surface area contributed by atoms with Crippen LogP contribution in [0, 0.1) is 5.92 Å². The molecule has 1 aromatic rings. The number of amides is 1. The minimum Gasteiger partial charge on any atom is -0.366 e. The molecule has 0 fully saturated rings. The Morgan fingerprint density at radius 1 is 1.25 bits per heavy atom. The lowest BCUT2D eigenvalue weighted by molar-refractivity contribution is 0.0957. The quantitative estimate of drug-likeness (QED) is 0.805. The fourth-order valence-corrected chi connectivity index (χ4v) is 1.06. The summed E-state index contributed by atoms with van der Waals surface area (Å²) in [6.45, 7) is 6.34. The van der Waals surface area contributed by atoms with Crippen LogP contribution in [0.2, 0.25) is 0 Å². The van der Waals surface area contributed by atoms with Gasteiger partial charge in [-0.05, 0) is 25.0 Å². The topological polar surface area (TPSA) is 66.9 Å². The maximum Gasteiger partial charge on any atom is 0.271 e. The van der Waals surface area contributed by atoms with Crippen LogP contribution in [0.4, 0.5) is 5.82 Å². The standard InChI is InChI=1S/C11H18N4O/c1-7(2)8(3)13-10-6-5-9(14-15-10)11(16)12-4/h5-8H,1-4H3,(H,12,16)(H,13,15). The predicted molar refractivity (Wildman–Crippen MR) is 63.3 cm³/mol. The van der Waals surface area contributed by atoms with Gasteiger partial charge in [-0.2, -0.15) is 0 Å². The SMILES string of the molecule is CNC(=O)c1ccc(NC(C)C(C)C)nn1. The van der Waals surface area contributed by atoms with E-state index in [0.29, 0.717) is 23.5 Å². The van der Waals surface area contributed by atoms with Crippen LogP contribution in [0.25, 0.3) is 0 Å². The number of rotatable bonds is 4. The summed E-state index contributed by atoms with van der Waals surface area (Å²) in [5, 5.41) is 13.5. The van der Waals surface area contributed by atoms with Crippen molar-refractivity contribution in [3.63, 3.8) is 0 Å². The maximum atomic E-state index is 11.2. The van der Waals surface area contributed by atoms with Crippen LogP contribution < -0.4 is 10.6 Å². The minimum absolute atomic E-state index is 0.226. The Labute approximate surface area is 95.7 Å². The van der Waals surface area contributed by atoms with E-state index in [9.17, 15) is 4.79 Å². The zero-order valence-corrected chi connectivity index (χ0v) is 10.1. The fourth-order valence-electron chi connectivity index (χ4n) is 1.06. The lowest BCUT2D eigenvalue weighted by Crippen LogP contribution is -2.23. The summed E-state index contributed by atoms with van der Waals surface area (Å²) in [7, 11) is 1.57. The van der Waals surface area contributed by atoms with Crippen LogP contribution in [0.1, 0.15) is 31.3 Å². The number of aromatic nitrogens is 2. The fraction of sp³-hybridized carbons (Fsp3) is 0.545. The largest absolute Gasteiger partial charge is 0.366 e. The van der Waals surface area contributed by atoms with Crippen LogP contribution in [0.3, 0.4) is 0 Å². The molecule has 0 radical (unpaired) electrons. The summed E-state index contributed by atoms with van der Waals surface area (Å²) in [6, 6.07) is 3.73. The van der Waals surface area contributed by atoms with Crippen LogP contribution in [-0.2, 0) is 0 Å². The zero-order chi connectivity index (χ0) is 12.1. The summed E-state index contributed by atoms with van der Waals surface area (Å²) in [4.78, 5) is 11.2. The van der Waals surface area contributed by atoms with Crippen molar-refractivity contribution in [3.8, 4) is 0 Å². The monoisotopic (exact) mass is 222 g/mol. The molecule has 0 aliphatic heterocycles. The molecule has 5 nitrogen and oxygen atoms in total. The molecule has 1 unspecified atom stereocenters. The van der Waals surface area contributed by atoms with Crippen LogP contribution in [0.15, 0.2) is 12.1 Å². The Hall–Kier alpha value is -1.65. The van der Waals surface area contributed by atoms with E-state index in [1.54, 1.807) is 19.2 Å². The molecule has 0 aliphatic carbocycles. The number of anilines is 1. The second kappa shape index (κ2) is 5.44. The summed E-state index contributed by atoms with van der Waals surface area (Å²) in [5.41, 5.74) is 0.324. The number of nitrogens with one attached hydrogen (secondary N) is 2. The summed E-state index contributed by atoms with van der Waals surface area (Å²) >= 11 is 0. The van der Waals surface area contributed by atoms with Crippen molar-refractivity contribution in [1.29, 1.82) is 0 Å². The molecule has 1 atom stereocenters. The first-order chi connectivity index (χ1) is 7.54. The number of carbonyl (C=O) groups is 1. The molecule has 0 saturated carbocycles. The first-order valence-electron chi connectivity index (χ1n) is 5.37. The van der Waals surface area contributed by atoms with Gasteiger partial charge in [-0.25, -0.2) is 0 Å². The van der Waals surface area contributed by atoms with E-state index in [4.69, 9.17) is 0 Å². The minimum atomic E-state index is -0.226. The third-order valence-electron chi connectivity index (χ3n) is 2.50. The molecule has 16 heavy (non-hydrogen) atoms. The van der Waals surface area contributed by atoms with Crippen LogP contribution in [0.5, 0.6) is 0 Å². The van der Waals surface area contributed by atoms with Gasteiger partial charge in [-0.3, -0.25) is 4.79 Å². The Bertz CT molecular complexity index is 348. The molecule has 0 aliphatic rings. The molecular weight excluding hydrogens is 204 g/mol. The van der Waals surface area contributed by atoms with E-state index >= 15 is 0 Å². The highest BCUT2D eigenvalue weighted by atomic mass is 16.1. The molecule has 1 aromatic heterocycles. The van der Waals surface area contributed by atoms with Gasteiger partial charge < -0.3 is 10.6 Å². The lowest BCUT2D eigenvalue weighted by Gasteiger charge is -2.17. The van der Waals surface area contributed by atoms with Gasteiger partial charge in [-0.1, -0.05) is 13.8 Å². The van der Waals surface area contributed by atoms with Gasteiger partial charge in [0.05, 0.1) is 0 Å². The van der Waals surface area contributed by atoms with E-state index in [2.05, 4.69) is 41.6 Å². The molecule has 1 amide bonds. The molecule has 0 aromatic carbocycles. The molecule has 2 N–H and O–H groups in total. The molecule has 0 bridgehead atoms. The van der Waals surface area contributed by atoms with Crippen molar-refractivity contribution in [2.45, 2.75) is 26.8 Å². The van der Waals surface area contributed by atoms with Crippen LogP contribution >= 0.6 is 0 Å². The van der Waals surface area contributed by atoms with Gasteiger partial charge in [0.2, 0.25) is 0 Å². The maximum absolute atomic E-state index is 11.2. The molecule has 5 heteroatoms. The van der Waals surface area contributed by atoms with Crippen LogP contribution in [-0.4, -0.2) is 29.2 Å². The van der Waals surface area contributed by atoms with E-state index in [1.165, 1.54) is 0 Å². The van der Waals surface area contributed by atoms with Gasteiger partial charge in [0.1, 0.15) is 5.82 Å². The second-order valence-corrected chi connectivity index (χ2v) is 4.06. The number of nitrogens with zero attached hydrogens (tertiary/aromatic N) is 2. The third kappa shape index (κ3) is 3.18. The average Bonchev–Trinajstić information content (AvgIpc) is 2.28. The third-order valence-corrected chi connectivity index (χ3v) is 2.50. The van der Waals surface area contributed by atoms with E-state index < -0.39 is 0 Å². The van der Waals surface area contributed by atoms with Crippen molar-refractivity contribution >= 4 is 11.7 Å². The molecule has 0 saturated heterocycles. The molecular formula is C11H18N4O. The summed E-state index contributed by atoms with van der Waals surface area (Å²) < 4.78 is 0. The Morgan fingerprint density at radius 2 is 1.94 bits per heavy atom. The van der Waals surface area contributed by atoms with Crippen molar-refractivity contribution in [2.75, 3.05) is 12.4 Å². The number of carbonyl (C=O) groups excluding carboxylic acids is 1. The Balaban J connectivity index is 2.68. The molecule has 1 rings (SSSR count). The van der Waals surface area contributed by atoms with Gasteiger partial charge in [0.25, 0.3) is 5.91 Å². The zero-order valence-electron chi connectivity index (χ0n) is 10.1. The van der Waals surface area contributed by atoms with Gasteiger partial charge in [0, 0.05) is 13.1 Å². The lowest BCUT2D eigenvalue weighted by atomic mass is 10.1. The average molecular weight is 222 g/mol. The van der Waals surface area contributed by atoms with Crippen molar-refractivity contribution < 1.29 is 4.79 Å². The normalized spacial score (nSPS) is 12.3. The summed E-state index contributed by atoms with van der Waals surface area (Å²) in [5.74, 6) is 0.977. The summed E-state index contributed by atoms with van der Waals surface area (Å²) in [6.07, 6.45) is 0. The predicted octanol–water partition coefficient (Wildman–Crippen LogP) is 1.29. The van der Waals surface area contributed by atoms with Crippen molar-refractivity contribution in [3.05, 3.63) is 17.8 Å². The van der Waals surface area contributed by atoms with Gasteiger partial charge in [-0.15, -0.1) is 10.2 Å². The number of hydrogen-bond donors (Lipinski definition) is 2.